The van der Waals surface area contributed by atoms with E-state index >= 15 is 0 Å². The maximum Gasteiger partial charge on any atom is 0.165 e. The zero-order valence-corrected chi connectivity index (χ0v) is 14.1. The Morgan fingerprint density at radius 2 is 2.15 bits per heavy atom. The van der Waals surface area contributed by atoms with E-state index in [9.17, 15) is 4.39 Å². The minimum atomic E-state index is -0.333. The number of hydrogen-bond acceptors (Lipinski definition) is 3. The molecule has 0 fully saturated rings. The quantitative estimate of drug-likeness (QED) is 0.839. The summed E-state index contributed by atoms with van der Waals surface area (Å²) in [5.41, 5.74) is 0.902. The summed E-state index contributed by atoms with van der Waals surface area (Å²) in [5.74, 6) is -0.0622. The van der Waals surface area contributed by atoms with Gasteiger partial charge in [0.25, 0.3) is 0 Å². The van der Waals surface area contributed by atoms with Crippen LogP contribution in [-0.4, -0.2) is 13.7 Å². The van der Waals surface area contributed by atoms with Crippen LogP contribution >= 0.6 is 27.3 Å². The van der Waals surface area contributed by atoms with Gasteiger partial charge in [0.2, 0.25) is 0 Å². The maximum atomic E-state index is 13.9. The molecule has 0 aliphatic carbocycles. The van der Waals surface area contributed by atoms with Crippen LogP contribution in [0.3, 0.4) is 0 Å². The Morgan fingerprint density at radius 3 is 2.65 bits per heavy atom. The van der Waals surface area contributed by atoms with Gasteiger partial charge >= 0.3 is 0 Å². The Bertz CT molecular complexity index is 580. The standard InChI is InChI=1S/C15H17BrFNOS/c1-4-18-15(14-8-11(16)9(2)20-14)10-5-6-13(19-3)12(17)7-10/h5-8,15,18H,4H2,1-3H3. The molecular weight excluding hydrogens is 341 g/mol. The average Bonchev–Trinajstić information content (AvgIpc) is 2.75. The van der Waals surface area contributed by atoms with Crippen molar-refractivity contribution >= 4 is 27.3 Å². The van der Waals surface area contributed by atoms with Gasteiger partial charge in [0.05, 0.1) is 13.2 Å². The predicted octanol–water partition coefficient (Wildman–Crippen LogP) is 4.67. The second-order valence-corrected chi connectivity index (χ2v) is 6.58. The van der Waals surface area contributed by atoms with Gasteiger partial charge in [-0.15, -0.1) is 11.3 Å². The highest BCUT2D eigenvalue weighted by Gasteiger charge is 2.18. The second-order valence-electron chi connectivity index (χ2n) is 4.44. The van der Waals surface area contributed by atoms with Crippen LogP contribution < -0.4 is 10.1 Å². The van der Waals surface area contributed by atoms with Gasteiger partial charge in [-0.1, -0.05) is 13.0 Å². The van der Waals surface area contributed by atoms with Crippen molar-refractivity contribution in [3.8, 4) is 5.75 Å². The minimum absolute atomic E-state index is 0.00425. The normalized spacial score (nSPS) is 12.4. The van der Waals surface area contributed by atoms with Gasteiger partial charge in [-0.2, -0.15) is 0 Å². The summed E-state index contributed by atoms with van der Waals surface area (Å²) < 4.78 is 20.0. The lowest BCUT2D eigenvalue weighted by Gasteiger charge is -2.17. The van der Waals surface area contributed by atoms with E-state index in [1.807, 2.05) is 13.0 Å². The minimum Gasteiger partial charge on any atom is -0.494 e. The van der Waals surface area contributed by atoms with E-state index in [1.165, 1.54) is 22.9 Å². The van der Waals surface area contributed by atoms with Gasteiger partial charge < -0.3 is 10.1 Å². The summed E-state index contributed by atoms with van der Waals surface area (Å²) in [7, 11) is 1.47. The molecule has 0 aliphatic rings. The highest BCUT2D eigenvalue weighted by molar-refractivity contribution is 9.10. The monoisotopic (exact) mass is 357 g/mol. The van der Waals surface area contributed by atoms with Crippen molar-refractivity contribution in [2.24, 2.45) is 0 Å². The van der Waals surface area contributed by atoms with Gasteiger partial charge in [0.15, 0.2) is 11.6 Å². The van der Waals surface area contributed by atoms with Crippen LogP contribution in [0.25, 0.3) is 0 Å². The summed E-state index contributed by atoms with van der Waals surface area (Å²) in [6.07, 6.45) is 0. The zero-order valence-electron chi connectivity index (χ0n) is 11.7. The zero-order chi connectivity index (χ0) is 14.7. The van der Waals surface area contributed by atoms with E-state index in [2.05, 4.69) is 34.2 Å². The Kier molecular flexibility index (Phi) is 5.18. The number of rotatable bonds is 5. The molecule has 0 bridgehead atoms. The van der Waals surface area contributed by atoms with E-state index < -0.39 is 0 Å². The number of methoxy groups -OCH3 is 1. The molecule has 2 aromatic rings. The number of aryl methyl sites for hydroxylation is 1. The molecule has 0 amide bonds. The molecule has 2 nitrogen and oxygen atoms in total. The smallest absolute Gasteiger partial charge is 0.165 e. The van der Waals surface area contributed by atoms with Crippen molar-refractivity contribution in [3.05, 3.63) is 49.9 Å². The van der Waals surface area contributed by atoms with Crippen LogP contribution in [0, 0.1) is 12.7 Å². The van der Waals surface area contributed by atoms with Crippen LogP contribution in [0.1, 0.15) is 28.3 Å². The van der Waals surface area contributed by atoms with Crippen molar-refractivity contribution < 1.29 is 9.13 Å². The number of thiophene rings is 1. The number of hydrogen-bond donors (Lipinski definition) is 1. The lowest BCUT2D eigenvalue weighted by Crippen LogP contribution is -2.21. The first kappa shape index (κ1) is 15.5. The van der Waals surface area contributed by atoms with Gasteiger partial charge in [-0.05, 0) is 53.2 Å². The van der Waals surface area contributed by atoms with Crippen LogP contribution in [0.5, 0.6) is 5.75 Å². The first-order valence-electron chi connectivity index (χ1n) is 6.39. The molecule has 0 saturated carbocycles. The van der Waals surface area contributed by atoms with Crippen molar-refractivity contribution in [3.63, 3.8) is 0 Å². The van der Waals surface area contributed by atoms with E-state index in [0.29, 0.717) is 0 Å². The van der Waals surface area contributed by atoms with Crippen molar-refractivity contribution in [2.45, 2.75) is 19.9 Å². The summed E-state index contributed by atoms with van der Waals surface area (Å²) in [6, 6.07) is 7.20. The number of ether oxygens (including phenoxy) is 1. The fourth-order valence-corrected chi connectivity index (χ4v) is 3.74. The maximum absolute atomic E-state index is 13.9. The molecule has 2 rings (SSSR count). The molecule has 5 heteroatoms. The largest absolute Gasteiger partial charge is 0.494 e. The molecule has 0 aliphatic heterocycles. The molecule has 1 atom stereocenters. The first-order chi connectivity index (χ1) is 9.56. The molecule has 0 spiro atoms. The molecule has 1 heterocycles. The highest BCUT2D eigenvalue weighted by Crippen LogP contribution is 2.34. The Morgan fingerprint density at radius 1 is 1.40 bits per heavy atom. The summed E-state index contributed by atoms with van der Waals surface area (Å²) >= 11 is 5.24. The topological polar surface area (TPSA) is 21.3 Å². The third kappa shape index (κ3) is 3.22. The predicted molar refractivity (Wildman–Crippen MR) is 85.2 cm³/mol. The molecule has 1 unspecified atom stereocenters. The Labute approximate surface area is 131 Å². The fourth-order valence-electron chi connectivity index (χ4n) is 2.07. The van der Waals surface area contributed by atoms with Gasteiger partial charge in [0.1, 0.15) is 0 Å². The number of nitrogens with one attached hydrogen (secondary N) is 1. The van der Waals surface area contributed by atoms with E-state index in [4.69, 9.17) is 4.74 Å². The molecule has 20 heavy (non-hydrogen) atoms. The lowest BCUT2D eigenvalue weighted by molar-refractivity contribution is 0.386. The van der Waals surface area contributed by atoms with Gasteiger partial charge in [0, 0.05) is 14.2 Å². The third-order valence-corrected chi connectivity index (χ3v) is 5.28. The third-order valence-electron chi connectivity index (χ3n) is 3.08. The summed E-state index contributed by atoms with van der Waals surface area (Å²) in [5, 5.41) is 3.40. The molecule has 0 radical (unpaired) electrons. The molecule has 1 aromatic heterocycles. The van der Waals surface area contributed by atoms with Crippen LogP contribution in [-0.2, 0) is 0 Å². The molecule has 1 N–H and O–H groups in total. The van der Waals surface area contributed by atoms with Crippen LogP contribution in [0.15, 0.2) is 28.7 Å². The van der Waals surface area contributed by atoms with Crippen LogP contribution in [0.2, 0.25) is 0 Å². The van der Waals surface area contributed by atoms with E-state index in [-0.39, 0.29) is 17.6 Å². The highest BCUT2D eigenvalue weighted by atomic mass is 79.9. The van der Waals surface area contributed by atoms with Gasteiger partial charge in [-0.25, -0.2) is 4.39 Å². The molecular formula is C15H17BrFNOS. The van der Waals surface area contributed by atoms with Crippen molar-refractivity contribution in [2.75, 3.05) is 13.7 Å². The Hall–Kier alpha value is -0.910. The average molecular weight is 358 g/mol. The first-order valence-corrected chi connectivity index (χ1v) is 8.00. The number of halogens is 2. The van der Waals surface area contributed by atoms with Crippen LogP contribution in [0.4, 0.5) is 4.39 Å². The van der Waals surface area contributed by atoms with Crippen molar-refractivity contribution in [1.82, 2.24) is 5.32 Å². The summed E-state index contributed by atoms with van der Waals surface area (Å²) in [6.45, 7) is 4.92. The fraction of sp³-hybridized carbons (Fsp3) is 0.333. The summed E-state index contributed by atoms with van der Waals surface area (Å²) in [4.78, 5) is 2.39. The lowest BCUT2D eigenvalue weighted by atomic mass is 10.0. The van der Waals surface area contributed by atoms with E-state index in [1.54, 1.807) is 17.4 Å². The van der Waals surface area contributed by atoms with Crippen molar-refractivity contribution in [1.29, 1.82) is 0 Å². The molecule has 1 aromatic carbocycles. The Balaban J connectivity index is 2.40. The molecule has 0 saturated heterocycles. The molecule has 108 valence electrons. The van der Waals surface area contributed by atoms with E-state index in [0.717, 1.165) is 16.6 Å². The van der Waals surface area contributed by atoms with Gasteiger partial charge in [-0.3, -0.25) is 0 Å². The SMILES string of the molecule is CCNC(c1ccc(OC)c(F)c1)c1cc(Br)c(C)s1. The second kappa shape index (κ2) is 6.70. The number of benzene rings is 1.